The summed E-state index contributed by atoms with van der Waals surface area (Å²) in [5.74, 6) is 0. The lowest BCUT2D eigenvalue weighted by atomic mass is 10.2. The molecule has 4 N–H and O–H groups in total. The zero-order valence-corrected chi connectivity index (χ0v) is 13.0. The number of rotatable bonds is 2. The predicted octanol–water partition coefficient (Wildman–Crippen LogP) is 3.44. The third-order valence-electron chi connectivity index (χ3n) is 3.36. The number of nitrogens with one attached hydrogen (secondary N) is 4. The zero-order chi connectivity index (χ0) is 15.6. The summed E-state index contributed by atoms with van der Waals surface area (Å²) in [6, 6.07) is 14.4. The first-order valence-corrected chi connectivity index (χ1v) is 8.62. The van der Waals surface area contributed by atoms with Gasteiger partial charge in [-0.15, -0.1) is 0 Å². The number of urea groups is 1. The number of anilines is 2. The number of carbonyl (C=O) groups excluding carboxylic acids is 1. The summed E-state index contributed by atoms with van der Waals surface area (Å²) in [6.45, 7) is 2.40. The van der Waals surface area contributed by atoms with Crippen LogP contribution in [-0.4, -0.2) is 6.03 Å². The highest BCUT2D eigenvalue weighted by Gasteiger charge is 2.29. The van der Waals surface area contributed by atoms with Crippen LogP contribution in [0.3, 0.4) is 0 Å². The Morgan fingerprint density at radius 2 is 1.86 bits per heavy atom. The molecule has 2 aromatic rings. The van der Waals surface area contributed by atoms with E-state index in [0.717, 1.165) is 16.8 Å². The van der Waals surface area contributed by atoms with Gasteiger partial charge in [-0.2, -0.15) is 0 Å². The van der Waals surface area contributed by atoms with Crippen molar-refractivity contribution in [3.8, 4) is 0 Å². The van der Waals surface area contributed by atoms with Gasteiger partial charge in [0.25, 0.3) is 0 Å². The predicted molar refractivity (Wildman–Crippen MR) is 87.8 cm³/mol. The average Bonchev–Trinajstić information content (AvgIpc) is 2.49. The van der Waals surface area contributed by atoms with Crippen molar-refractivity contribution in [3.05, 3.63) is 59.7 Å². The van der Waals surface area contributed by atoms with E-state index in [1.807, 2.05) is 43.3 Å². The maximum absolute atomic E-state index is 12.7. The molecule has 114 valence electrons. The van der Waals surface area contributed by atoms with E-state index >= 15 is 0 Å². The van der Waals surface area contributed by atoms with Crippen LogP contribution in [0.25, 0.3) is 0 Å². The number of hydrogen-bond donors (Lipinski definition) is 4. The fraction of sp³-hybridized carbons (Fsp3) is 0.133. The normalized spacial score (nSPS) is 19.7. The minimum atomic E-state index is -3.21. The van der Waals surface area contributed by atoms with E-state index in [0.29, 0.717) is 12.2 Å². The van der Waals surface area contributed by atoms with Crippen molar-refractivity contribution >= 4 is 25.0 Å². The lowest BCUT2D eigenvalue weighted by Gasteiger charge is -2.28. The van der Waals surface area contributed by atoms with Gasteiger partial charge in [-0.05, 0) is 30.7 Å². The molecule has 7 heteroatoms. The van der Waals surface area contributed by atoms with E-state index in [4.69, 9.17) is 0 Å². The molecule has 1 heterocycles. The van der Waals surface area contributed by atoms with E-state index in [2.05, 4.69) is 20.6 Å². The Balaban J connectivity index is 1.66. The molecule has 2 amide bonds. The van der Waals surface area contributed by atoms with E-state index < -0.39 is 13.6 Å². The summed E-state index contributed by atoms with van der Waals surface area (Å²) >= 11 is 0. The maximum Gasteiger partial charge on any atom is 0.331 e. The van der Waals surface area contributed by atoms with Crippen molar-refractivity contribution < 1.29 is 9.36 Å². The molecular formula is C15H17N4O2P. The fourth-order valence-electron chi connectivity index (χ4n) is 2.20. The summed E-state index contributed by atoms with van der Waals surface area (Å²) in [5.41, 5.74) is 3.52. The summed E-state index contributed by atoms with van der Waals surface area (Å²) in [4.78, 5) is 12.0. The van der Waals surface area contributed by atoms with Crippen LogP contribution < -0.4 is 20.6 Å². The van der Waals surface area contributed by atoms with Crippen LogP contribution in [0.4, 0.5) is 16.2 Å². The van der Waals surface area contributed by atoms with Crippen LogP contribution in [0.15, 0.2) is 48.5 Å². The van der Waals surface area contributed by atoms with Crippen LogP contribution in [-0.2, 0) is 11.1 Å². The highest BCUT2D eigenvalue weighted by atomic mass is 31.2. The number of amides is 2. The molecule has 22 heavy (non-hydrogen) atoms. The molecule has 1 aliphatic rings. The van der Waals surface area contributed by atoms with Crippen LogP contribution in [0, 0.1) is 6.92 Å². The van der Waals surface area contributed by atoms with Gasteiger partial charge in [0.05, 0.1) is 0 Å². The van der Waals surface area contributed by atoms with Gasteiger partial charge in [0.2, 0.25) is 0 Å². The second-order valence-corrected chi connectivity index (χ2v) is 7.13. The number of carbonyl (C=O) groups is 1. The summed E-state index contributed by atoms with van der Waals surface area (Å²) in [7, 11) is -3.21. The van der Waals surface area contributed by atoms with Gasteiger partial charge < -0.3 is 10.4 Å². The first kappa shape index (κ1) is 14.6. The third-order valence-corrected chi connectivity index (χ3v) is 5.03. The average molecular weight is 316 g/mol. The molecule has 0 saturated heterocycles. The van der Waals surface area contributed by atoms with Crippen LogP contribution in [0.2, 0.25) is 0 Å². The molecular weight excluding hydrogens is 299 g/mol. The SMILES string of the molecule is Cc1ccc(NC(=O)NP2(=O)NCc3ccccc3N2)cc1. The first-order chi connectivity index (χ1) is 10.5. The second-order valence-electron chi connectivity index (χ2n) is 5.15. The lowest BCUT2D eigenvalue weighted by molar-refractivity contribution is 0.256. The van der Waals surface area contributed by atoms with Gasteiger partial charge in [-0.3, -0.25) is 9.65 Å². The quantitative estimate of drug-likeness (QED) is 0.640. The molecule has 0 fully saturated rings. The van der Waals surface area contributed by atoms with Gasteiger partial charge in [0.1, 0.15) is 0 Å². The molecule has 3 rings (SSSR count). The number of hydrogen-bond acceptors (Lipinski definition) is 2. The Kier molecular flexibility index (Phi) is 3.88. The van der Waals surface area contributed by atoms with E-state index in [1.54, 1.807) is 12.1 Å². The van der Waals surface area contributed by atoms with Crippen molar-refractivity contribution in [1.29, 1.82) is 0 Å². The zero-order valence-electron chi connectivity index (χ0n) is 12.1. The lowest BCUT2D eigenvalue weighted by Crippen LogP contribution is -2.36. The largest absolute Gasteiger partial charge is 0.331 e. The van der Waals surface area contributed by atoms with E-state index in [9.17, 15) is 9.36 Å². The number of fused-ring (bicyclic) bond motifs is 1. The molecule has 1 atom stereocenters. The van der Waals surface area contributed by atoms with Crippen LogP contribution in [0.1, 0.15) is 11.1 Å². The highest BCUT2D eigenvalue weighted by Crippen LogP contribution is 2.42. The summed E-state index contributed by atoms with van der Waals surface area (Å²) < 4.78 is 12.7. The maximum atomic E-state index is 12.7. The van der Waals surface area contributed by atoms with Crippen molar-refractivity contribution in [2.24, 2.45) is 0 Å². The molecule has 0 bridgehead atoms. The Morgan fingerprint density at radius 3 is 2.64 bits per heavy atom. The highest BCUT2D eigenvalue weighted by molar-refractivity contribution is 7.62. The van der Waals surface area contributed by atoms with E-state index in [-0.39, 0.29) is 0 Å². The number of aryl methyl sites for hydroxylation is 1. The molecule has 1 aliphatic heterocycles. The van der Waals surface area contributed by atoms with Gasteiger partial charge in [-0.1, -0.05) is 35.9 Å². The van der Waals surface area contributed by atoms with Gasteiger partial charge in [0.15, 0.2) is 0 Å². The monoisotopic (exact) mass is 316 g/mol. The third kappa shape index (κ3) is 3.30. The molecule has 0 aromatic heterocycles. The molecule has 6 nitrogen and oxygen atoms in total. The van der Waals surface area contributed by atoms with E-state index in [1.165, 1.54) is 0 Å². The Hall–Kier alpha value is -2.30. The minimum absolute atomic E-state index is 0.436. The Morgan fingerprint density at radius 1 is 1.14 bits per heavy atom. The standard InChI is InChI=1S/C15H17N4O2P/c1-11-6-8-13(9-7-11)17-15(20)19-22(21)16-10-12-4-2-3-5-14(12)18-22/h2-9H,10H2,1H3,(H4,16,17,18,19,20,21). The minimum Gasteiger partial charge on any atom is -0.308 e. The Labute approximate surface area is 128 Å². The molecule has 0 radical (unpaired) electrons. The van der Waals surface area contributed by atoms with Gasteiger partial charge in [0, 0.05) is 17.9 Å². The van der Waals surface area contributed by atoms with Crippen LogP contribution in [0.5, 0.6) is 0 Å². The van der Waals surface area contributed by atoms with Gasteiger partial charge in [-0.25, -0.2) is 9.88 Å². The summed E-state index contributed by atoms with van der Waals surface area (Å²) in [6.07, 6.45) is 0. The molecule has 1 unspecified atom stereocenters. The summed E-state index contributed by atoms with van der Waals surface area (Å²) in [5, 5.41) is 10.9. The first-order valence-electron chi connectivity index (χ1n) is 6.91. The molecule has 0 spiro atoms. The Bertz CT molecular complexity index is 745. The van der Waals surface area contributed by atoms with Gasteiger partial charge >= 0.3 is 13.6 Å². The molecule has 0 saturated carbocycles. The molecule has 2 aromatic carbocycles. The van der Waals surface area contributed by atoms with Crippen LogP contribution >= 0.6 is 7.59 Å². The second kappa shape index (κ2) is 5.83. The van der Waals surface area contributed by atoms with Crippen molar-refractivity contribution in [2.45, 2.75) is 13.5 Å². The molecule has 0 aliphatic carbocycles. The topological polar surface area (TPSA) is 82.3 Å². The smallest absolute Gasteiger partial charge is 0.308 e. The fourth-order valence-corrected chi connectivity index (χ4v) is 3.70. The van der Waals surface area contributed by atoms with Crippen molar-refractivity contribution in [1.82, 2.24) is 10.2 Å². The van der Waals surface area contributed by atoms with Crippen molar-refractivity contribution in [2.75, 3.05) is 10.4 Å². The van der Waals surface area contributed by atoms with Crippen molar-refractivity contribution in [3.63, 3.8) is 0 Å². The number of benzene rings is 2. The number of para-hydroxylation sites is 1.